The molecular weight excluding hydrogens is 290 g/mol. The molecule has 2 rings (SSSR count). The average molecular weight is 307 g/mol. The van der Waals surface area contributed by atoms with Gasteiger partial charge in [0.2, 0.25) is 10.0 Å². The van der Waals surface area contributed by atoms with Crippen LogP contribution in [0.1, 0.15) is 0 Å². The van der Waals surface area contributed by atoms with Gasteiger partial charge in [-0.1, -0.05) is 0 Å². The van der Waals surface area contributed by atoms with Gasteiger partial charge in [0.1, 0.15) is 12.4 Å². The molecule has 0 saturated heterocycles. The van der Waals surface area contributed by atoms with E-state index in [9.17, 15) is 8.42 Å². The number of sulfonamides is 1. The number of hydrogen-bond donors (Lipinski definition) is 3. The fraction of sp³-hybridized carbons (Fsp3) is 0.143. The zero-order chi connectivity index (χ0) is 15.3. The Kier molecular flexibility index (Phi) is 4.66. The lowest BCUT2D eigenvalue weighted by molar-refractivity contribution is 0.333. The SMILES string of the molecule is Nc1ccc(OCCNc2ccc(S(N)(=O)=O)cc2)cc1. The van der Waals surface area contributed by atoms with Crippen molar-refractivity contribution in [1.29, 1.82) is 0 Å². The van der Waals surface area contributed by atoms with Crippen LogP contribution < -0.4 is 20.9 Å². The van der Waals surface area contributed by atoms with Gasteiger partial charge in [-0.3, -0.25) is 0 Å². The third-order valence-corrected chi connectivity index (χ3v) is 3.69. The Morgan fingerprint density at radius 2 is 1.62 bits per heavy atom. The zero-order valence-corrected chi connectivity index (χ0v) is 12.1. The van der Waals surface area contributed by atoms with Crippen LogP contribution in [-0.2, 0) is 10.0 Å². The van der Waals surface area contributed by atoms with E-state index in [1.165, 1.54) is 12.1 Å². The monoisotopic (exact) mass is 307 g/mol. The van der Waals surface area contributed by atoms with E-state index < -0.39 is 10.0 Å². The number of benzene rings is 2. The summed E-state index contributed by atoms with van der Waals surface area (Å²) in [5.41, 5.74) is 7.07. The van der Waals surface area contributed by atoms with E-state index in [2.05, 4.69) is 5.32 Å². The molecule has 2 aromatic carbocycles. The molecule has 0 spiro atoms. The normalized spacial score (nSPS) is 11.1. The second-order valence-corrected chi connectivity index (χ2v) is 5.98. The molecule has 0 radical (unpaired) electrons. The minimum absolute atomic E-state index is 0.0891. The summed E-state index contributed by atoms with van der Waals surface area (Å²) in [6.45, 7) is 1.06. The highest BCUT2D eigenvalue weighted by molar-refractivity contribution is 7.89. The van der Waals surface area contributed by atoms with Gasteiger partial charge in [-0.15, -0.1) is 0 Å². The van der Waals surface area contributed by atoms with Crippen molar-refractivity contribution in [3.05, 3.63) is 48.5 Å². The van der Waals surface area contributed by atoms with E-state index in [1.54, 1.807) is 36.4 Å². The smallest absolute Gasteiger partial charge is 0.238 e. The molecule has 5 N–H and O–H groups in total. The van der Waals surface area contributed by atoms with Crippen molar-refractivity contribution in [1.82, 2.24) is 0 Å². The van der Waals surface area contributed by atoms with Crippen LogP contribution in [0, 0.1) is 0 Å². The first kappa shape index (κ1) is 15.1. The molecule has 7 heteroatoms. The number of ether oxygens (including phenoxy) is 1. The van der Waals surface area contributed by atoms with Crippen molar-refractivity contribution in [2.45, 2.75) is 4.90 Å². The first-order valence-corrected chi connectivity index (χ1v) is 7.85. The third-order valence-electron chi connectivity index (χ3n) is 2.76. The number of anilines is 2. The second-order valence-electron chi connectivity index (χ2n) is 4.41. The van der Waals surface area contributed by atoms with Gasteiger partial charge in [0.05, 0.1) is 4.90 Å². The van der Waals surface area contributed by atoms with E-state index in [1.807, 2.05) is 0 Å². The summed E-state index contributed by atoms with van der Waals surface area (Å²) < 4.78 is 27.8. The Morgan fingerprint density at radius 3 is 2.19 bits per heavy atom. The lowest BCUT2D eigenvalue weighted by Gasteiger charge is -2.09. The molecule has 0 saturated carbocycles. The number of nitrogens with two attached hydrogens (primary N) is 2. The predicted octanol–water partition coefficient (Wildman–Crippen LogP) is 1.41. The summed E-state index contributed by atoms with van der Waals surface area (Å²) in [4.78, 5) is 0.0891. The highest BCUT2D eigenvalue weighted by Gasteiger charge is 2.06. The van der Waals surface area contributed by atoms with Crippen molar-refractivity contribution >= 4 is 21.4 Å². The van der Waals surface area contributed by atoms with Crippen molar-refractivity contribution in [3.8, 4) is 5.75 Å². The molecule has 0 unspecified atom stereocenters. The molecule has 0 heterocycles. The van der Waals surface area contributed by atoms with E-state index in [0.717, 1.165) is 11.4 Å². The van der Waals surface area contributed by atoms with Crippen molar-refractivity contribution in [2.24, 2.45) is 5.14 Å². The maximum absolute atomic E-state index is 11.1. The fourth-order valence-corrected chi connectivity index (χ4v) is 2.21. The van der Waals surface area contributed by atoms with E-state index in [4.69, 9.17) is 15.6 Å². The largest absolute Gasteiger partial charge is 0.492 e. The lowest BCUT2D eigenvalue weighted by atomic mass is 10.3. The van der Waals surface area contributed by atoms with Gasteiger partial charge in [-0.2, -0.15) is 0 Å². The Bertz CT molecular complexity index is 682. The first-order chi connectivity index (χ1) is 9.95. The van der Waals surface area contributed by atoms with Crippen LogP contribution in [0.5, 0.6) is 5.75 Å². The molecular formula is C14H17N3O3S. The minimum atomic E-state index is -3.65. The highest BCUT2D eigenvalue weighted by Crippen LogP contribution is 2.14. The maximum Gasteiger partial charge on any atom is 0.238 e. The summed E-state index contributed by atoms with van der Waals surface area (Å²) in [5, 5.41) is 8.15. The lowest BCUT2D eigenvalue weighted by Crippen LogP contribution is -2.13. The molecule has 0 aliphatic heterocycles. The van der Waals surface area contributed by atoms with E-state index in [0.29, 0.717) is 18.8 Å². The summed E-state index contributed by atoms with van der Waals surface area (Å²) in [5.74, 6) is 0.746. The second kappa shape index (κ2) is 6.47. The molecule has 0 fully saturated rings. The molecule has 112 valence electrons. The highest BCUT2D eigenvalue weighted by atomic mass is 32.2. The molecule has 0 atom stereocenters. The van der Waals surface area contributed by atoms with Gasteiger partial charge in [-0.05, 0) is 48.5 Å². The Morgan fingerprint density at radius 1 is 1.00 bits per heavy atom. The van der Waals surface area contributed by atoms with Gasteiger partial charge in [0.25, 0.3) is 0 Å². The van der Waals surface area contributed by atoms with Gasteiger partial charge < -0.3 is 15.8 Å². The average Bonchev–Trinajstić information content (AvgIpc) is 2.45. The Balaban J connectivity index is 1.80. The number of rotatable bonds is 6. The number of primary sulfonamides is 1. The third kappa shape index (κ3) is 4.66. The standard InChI is InChI=1S/C14H17N3O3S/c15-11-1-5-13(6-2-11)20-10-9-17-12-3-7-14(8-4-12)21(16,18)19/h1-8,17H,9-10,15H2,(H2,16,18,19). The van der Waals surface area contributed by atoms with Crippen molar-refractivity contribution in [2.75, 3.05) is 24.2 Å². The summed E-state index contributed by atoms with van der Waals surface area (Å²) in [6, 6.07) is 13.4. The van der Waals surface area contributed by atoms with Crippen LogP contribution in [0.25, 0.3) is 0 Å². The summed E-state index contributed by atoms with van der Waals surface area (Å²) in [6.07, 6.45) is 0. The van der Waals surface area contributed by atoms with Crippen LogP contribution in [0.4, 0.5) is 11.4 Å². The van der Waals surface area contributed by atoms with Crippen LogP contribution in [0.3, 0.4) is 0 Å². The Labute approximate surface area is 123 Å². The first-order valence-electron chi connectivity index (χ1n) is 6.30. The maximum atomic E-state index is 11.1. The quantitative estimate of drug-likeness (QED) is 0.552. The predicted molar refractivity (Wildman–Crippen MR) is 82.7 cm³/mol. The summed E-state index contributed by atoms with van der Waals surface area (Å²) in [7, 11) is -3.65. The van der Waals surface area contributed by atoms with Crippen LogP contribution in [0.15, 0.2) is 53.4 Å². The Hall–Kier alpha value is -2.25. The summed E-state index contributed by atoms with van der Waals surface area (Å²) >= 11 is 0. The van der Waals surface area contributed by atoms with Gasteiger partial charge in [-0.25, -0.2) is 13.6 Å². The van der Waals surface area contributed by atoms with Gasteiger partial charge >= 0.3 is 0 Å². The molecule has 0 amide bonds. The van der Waals surface area contributed by atoms with E-state index >= 15 is 0 Å². The fourth-order valence-electron chi connectivity index (χ4n) is 1.69. The molecule has 0 aliphatic rings. The van der Waals surface area contributed by atoms with E-state index in [-0.39, 0.29) is 4.90 Å². The van der Waals surface area contributed by atoms with Crippen molar-refractivity contribution < 1.29 is 13.2 Å². The molecule has 21 heavy (non-hydrogen) atoms. The number of nitrogen functional groups attached to an aromatic ring is 1. The number of hydrogen-bond acceptors (Lipinski definition) is 5. The van der Waals surface area contributed by atoms with Crippen molar-refractivity contribution in [3.63, 3.8) is 0 Å². The van der Waals surface area contributed by atoms with Crippen LogP contribution >= 0.6 is 0 Å². The van der Waals surface area contributed by atoms with Gasteiger partial charge in [0.15, 0.2) is 0 Å². The molecule has 0 aliphatic carbocycles. The molecule has 2 aromatic rings. The topological polar surface area (TPSA) is 107 Å². The molecule has 0 aromatic heterocycles. The van der Waals surface area contributed by atoms with Gasteiger partial charge in [0, 0.05) is 17.9 Å². The molecule has 0 bridgehead atoms. The molecule has 6 nitrogen and oxygen atoms in total. The minimum Gasteiger partial charge on any atom is -0.492 e. The number of nitrogens with one attached hydrogen (secondary N) is 1. The zero-order valence-electron chi connectivity index (χ0n) is 11.3. The van der Waals surface area contributed by atoms with Crippen LogP contribution in [0.2, 0.25) is 0 Å². The van der Waals surface area contributed by atoms with Crippen LogP contribution in [-0.4, -0.2) is 21.6 Å².